The molecule has 0 saturated carbocycles. The number of hydrogen-bond acceptors (Lipinski definition) is 2. The lowest BCUT2D eigenvalue weighted by Gasteiger charge is -2.33. The van der Waals surface area contributed by atoms with Crippen LogP contribution in [0.3, 0.4) is 0 Å². The van der Waals surface area contributed by atoms with Crippen LogP contribution in [-0.2, 0) is 5.41 Å². The van der Waals surface area contributed by atoms with Gasteiger partial charge in [-0.3, -0.25) is 0 Å². The van der Waals surface area contributed by atoms with E-state index in [-0.39, 0.29) is 5.41 Å². The second-order valence-electron chi connectivity index (χ2n) is 7.14. The molecule has 0 amide bonds. The van der Waals surface area contributed by atoms with Crippen LogP contribution in [0.25, 0.3) is 0 Å². The van der Waals surface area contributed by atoms with E-state index in [1.54, 1.807) is 0 Å². The summed E-state index contributed by atoms with van der Waals surface area (Å²) >= 11 is 0. The molecule has 0 spiro atoms. The molecular formula is C17H29NO. The standard InChI is InChI=1S/C17H29NO/c1-16(2,3)13-17(4,5)14-7-9-15(10-8-14)19-12-6-11-18/h7-10H,6,11-13,18H2,1-5H3. The molecule has 1 aromatic carbocycles. The molecule has 19 heavy (non-hydrogen) atoms. The van der Waals surface area contributed by atoms with Gasteiger partial charge in [-0.25, -0.2) is 0 Å². The number of ether oxygens (including phenoxy) is 1. The Labute approximate surface area is 118 Å². The van der Waals surface area contributed by atoms with Gasteiger partial charge >= 0.3 is 0 Å². The Bertz CT molecular complexity index is 373. The lowest BCUT2D eigenvalue weighted by molar-refractivity contribution is 0.283. The van der Waals surface area contributed by atoms with Gasteiger partial charge in [0.05, 0.1) is 6.61 Å². The predicted octanol–water partition coefficient (Wildman–Crippen LogP) is 4.13. The first-order valence-electron chi connectivity index (χ1n) is 7.18. The second kappa shape index (κ2) is 6.42. The summed E-state index contributed by atoms with van der Waals surface area (Å²) in [5.74, 6) is 0.934. The monoisotopic (exact) mass is 263 g/mol. The molecule has 0 aromatic heterocycles. The minimum Gasteiger partial charge on any atom is -0.494 e. The average Bonchev–Trinajstić information content (AvgIpc) is 2.27. The van der Waals surface area contributed by atoms with Gasteiger partial charge in [0.2, 0.25) is 0 Å². The van der Waals surface area contributed by atoms with Gasteiger partial charge < -0.3 is 10.5 Å². The third-order valence-electron chi connectivity index (χ3n) is 3.23. The Morgan fingerprint density at radius 2 is 1.58 bits per heavy atom. The topological polar surface area (TPSA) is 35.2 Å². The van der Waals surface area contributed by atoms with Crippen molar-refractivity contribution >= 4 is 0 Å². The van der Waals surface area contributed by atoms with Gasteiger partial charge in [-0.15, -0.1) is 0 Å². The normalized spacial score (nSPS) is 12.5. The summed E-state index contributed by atoms with van der Waals surface area (Å²) in [6, 6.07) is 8.50. The van der Waals surface area contributed by atoms with Crippen LogP contribution in [0.5, 0.6) is 5.75 Å². The van der Waals surface area contributed by atoms with Crippen molar-refractivity contribution in [2.45, 2.75) is 52.9 Å². The second-order valence-corrected chi connectivity index (χ2v) is 7.14. The highest BCUT2D eigenvalue weighted by Crippen LogP contribution is 2.36. The molecule has 0 unspecified atom stereocenters. The lowest BCUT2D eigenvalue weighted by Crippen LogP contribution is -2.24. The Morgan fingerprint density at radius 1 is 1.00 bits per heavy atom. The van der Waals surface area contributed by atoms with Gasteiger partial charge in [-0.1, -0.05) is 46.8 Å². The molecule has 2 heteroatoms. The molecule has 0 aliphatic carbocycles. The molecule has 2 nitrogen and oxygen atoms in total. The first-order chi connectivity index (χ1) is 8.74. The van der Waals surface area contributed by atoms with E-state index in [0.717, 1.165) is 18.6 Å². The summed E-state index contributed by atoms with van der Waals surface area (Å²) in [7, 11) is 0. The highest BCUT2D eigenvalue weighted by molar-refractivity contribution is 5.31. The van der Waals surface area contributed by atoms with E-state index in [9.17, 15) is 0 Å². The van der Waals surface area contributed by atoms with E-state index >= 15 is 0 Å². The summed E-state index contributed by atoms with van der Waals surface area (Å²) < 4.78 is 5.63. The van der Waals surface area contributed by atoms with Gasteiger partial charge in [-0.05, 0) is 47.9 Å². The fourth-order valence-electron chi connectivity index (χ4n) is 2.70. The molecule has 0 bridgehead atoms. The van der Waals surface area contributed by atoms with Gasteiger partial charge in [-0.2, -0.15) is 0 Å². The zero-order valence-electron chi connectivity index (χ0n) is 13.1. The molecule has 2 N–H and O–H groups in total. The van der Waals surface area contributed by atoms with Gasteiger partial charge in [0, 0.05) is 0 Å². The third-order valence-corrected chi connectivity index (χ3v) is 3.23. The Morgan fingerprint density at radius 3 is 2.05 bits per heavy atom. The van der Waals surface area contributed by atoms with E-state index in [1.165, 1.54) is 5.56 Å². The molecule has 0 fully saturated rings. The van der Waals surface area contributed by atoms with Crippen LogP contribution in [0.1, 0.15) is 53.0 Å². The van der Waals surface area contributed by atoms with Crippen molar-refractivity contribution in [2.75, 3.05) is 13.2 Å². The smallest absolute Gasteiger partial charge is 0.119 e. The number of hydrogen-bond donors (Lipinski definition) is 1. The SMILES string of the molecule is CC(C)(C)CC(C)(C)c1ccc(OCCCN)cc1. The highest BCUT2D eigenvalue weighted by atomic mass is 16.5. The highest BCUT2D eigenvalue weighted by Gasteiger charge is 2.27. The Hall–Kier alpha value is -1.02. The summed E-state index contributed by atoms with van der Waals surface area (Å²) in [5.41, 5.74) is 7.34. The third kappa shape index (κ3) is 5.65. The van der Waals surface area contributed by atoms with Crippen molar-refractivity contribution in [1.82, 2.24) is 0 Å². The van der Waals surface area contributed by atoms with E-state index < -0.39 is 0 Å². The van der Waals surface area contributed by atoms with Crippen LogP contribution in [0.2, 0.25) is 0 Å². The van der Waals surface area contributed by atoms with E-state index in [1.807, 2.05) is 0 Å². The molecule has 1 rings (SSSR count). The van der Waals surface area contributed by atoms with Crippen LogP contribution in [0.15, 0.2) is 24.3 Å². The molecule has 108 valence electrons. The largest absolute Gasteiger partial charge is 0.494 e. The van der Waals surface area contributed by atoms with Crippen molar-refractivity contribution in [3.63, 3.8) is 0 Å². The maximum atomic E-state index is 5.63. The van der Waals surface area contributed by atoms with E-state index in [2.05, 4.69) is 58.9 Å². The summed E-state index contributed by atoms with van der Waals surface area (Å²) in [6.07, 6.45) is 2.06. The van der Waals surface area contributed by atoms with Gasteiger partial charge in [0.1, 0.15) is 5.75 Å². The van der Waals surface area contributed by atoms with Crippen LogP contribution in [0, 0.1) is 5.41 Å². The molecule has 0 saturated heterocycles. The predicted molar refractivity (Wildman–Crippen MR) is 82.7 cm³/mol. The summed E-state index contributed by atoms with van der Waals surface area (Å²) in [4.78, 5) is 0. The van der Waals surface area contributed by atoms with Gasteiger partial charge in [0.15, 0.2) is 0 Å². The van der Waals surface area contributed by atoms with Crippen molar-refractivity contribution in [2.24, 2.45) is 11.1 Å². The maximum absolute atomic E-state index is 5.63. The molecule has 1 aromatic rings. The zero-order chi connectivity index (χ0) is 14.5. The maximum Gasteiger partial charge on any atom is 0.119 e. The van der Waals surface area contributed by atoms with Crippen molar-refractivity contribution < 1.29 is 4.74 Å². The molecule has 0 aliphatic heterocycles. The fraction of sp³-hybridized carbons (Fsp3) is 0.647. The van der Waals surface area contributed by atoms with E-state index in [4.69, 9.17) is 10.5 Å². The van der Waals surface area contributed by atoms with Gasteiger partial charge in [0.25, 0.3) is 0 Å². The lowest BCUT2D eigenvalue weighted by atomic mass is 9.72. The fourth-order valence-corrected chi connectivity index (χ4v) is 2.70. The number of rotatable bonds is 6. The molecule has 0 heterocycles. The number of nitrogens with two attached hydrogens (primary N) is 1. The average molecular weight is 263 g/mol. The summed E-state index contributed by atoms with van der Waals surface area (Å²) in [6.45, 7) is 12.9. The molecule has 0 radical (unpaired) electrons. The van der Waals surface area contributed by atoms with Crippen LogP contribution in [-0.4, -0.2) is 13.2 Å². The minimum absolute atomic E-state index is 0.189. The first kappa shape index (κ1) is 16.0. The molecule has 0 aliphatic rings. The van der Waals surface area contributed by atoms with Crippen molar-refractivity contribution in [1.29, 1.82) is 0 Å². The summed E-state index contributed by atoms with van der Waals surface area (Å²) in [5, 5.41) is 0. The quantitative estimate of drug-likeness (QED) is 0.783. The number of benzene rings is 1. The van der Waals surface area contributed by atoms with Crippen LogP contribution >= 0.6 is 0 Å². The van der Waals surface area contributed by atoms with Crippen LogP contribution in [0.4, 0.5) is 0 Å². The first-order valence-corrected chi connectivity index (χ1v) is 7.18. The minimum atomic E-state index is 0.189. The van der Waals surface area contributed by atoms with E-state index in [0.29, 0.717) is 18.6 Å². The van der Waals surface area contributed by atoms with Crippen molar-refractivity contribution in [3.8, 4) is 5.75 Å². The Kier molecular flexibility index (Phi) is 5.42. The zero-order valence-corrected chi connectivity index (χ0v) is 13.1. The Balaban J connectivity index is 2.69. The molecular weight excluding hydrogens is 234 g/mol. The molecule has 0 atom stereocenters. The van der Waals surface area contributed by atoms with Crippen LogP contribution < -0.4 is 10.5 Å². The van der Waals surface area contributed by atoms with Crippen molar-refractivity contribution in [3.05, 3.63) is 29.8 Å².